The Morgan fingerprint density at radius 2 is 2.09 bits per heavy atom. The Labute approximate surface area is 140 Å². The molecule has 0 saturated heterocycles. The van der Waals surface area contributed by atoms with Gasteiger partial charge >= 0.3 is 0 Å². The fraction of sp³-hybridized carbons (Fsp3) is 0.682. The molecule has 23 heavy (non-hydrogen) atoms. The molecule has 0 spiro atoms. The summed E-state index contributed by atoms with van der Waals surface area (Å²) in [4.78, 5) is 11.7. The van der Waals surface area contributed by atoms with Gasteiger partial charge in [0.05, 0.1) is 0 Å². The van der Waals surface area contributed by atoms with Crippen LogP contribution in [0.25, 0.3) is 0 Å². The van der Waals surface area contributed by atoms with Gasteiger partial charge < -0.3 is 4.79 Å². The first kappa shape index (κ1) is 15.4. The van der Waals surface area contributed by atoms with Crippen molar-refractivity contribution in [3.05, 3.63) is 35.5 Å². The van der Waals surface area contributed by atoms with E-state index in [1.54, 1.807) is 18.1 Å². The summed E-state index contributed by atoms with van der Waals surface area (Å²) in [5, 5.41) is 0. The average molecular weight is 310 g/mol. The molecule has 1 nitrogen and oxygen atoms in total. The standard InChI is InChI=1S/C22H30O/c1-15(23)14-17-8-10-19-18-9-7-16-6-4-5-12-21(16,2)20(18)11-13-22(17,19)3/h4,6-7,11,17-19H,5,8-10,12-14H2,1-3H3. The molecule has 4 aliphatic carbocycles. The van der Waals surface area contributed by atoms with E-state index in [-0.39, 0.29) is 5.41 Å². The lowest BCUT2D eigenvalue weighted by Crippen LogP contribution is -2.43. The Morgan fingerprint density at radius 3 is 2.87 bits per heavy atom. The molecule has 1 saturated carbocycles. The second-order valence-corrected chi connectivity index (χ2v) is 8.93. The zero-order valence-corrected chi connectivity index (χ0v) is 14.9. The monoisotopic (exact) mass is 310 g/mol. The molecule has 0 aromatic heterocycles. The van der Waals surface area contributed by atoms with Crippen molar-refractivity contribution >= 4 is 5.78 Å². The molecule has 1 fully saturated rings. The van der Waals surface area contributed by atoms with Crippen LogP contribution in [0.5, 0.6) is 0 Å². The number of rotatable bonds is 2. The van der Waals surface area contributed by atoms with E-state index in [0.29, 0.717) is 17.1 Å². The molecule has 0 heterocycles. The van der Waals surface area contributed by atoms with Crippen molar-refractivity contribution < 1.29 is 4.79 Å². The molecule has 0 aliphatic heterocycles. The number of carbonyl (C=O) groups excluding carboxylic acids is 1. The number of Topliss-reactive ketones (excluding diaryl/α,β-unsaturated/α-hetero) is 1. The van der Waals surface area contributed by atoms with Crippen molar-refractivity contribution in [3.63, 3.8) is 0 Å². The second kappa shape index (κ2) is 5.19. The van der Waals surface area contributed by atoms with Gasteiger partial charge in [-0.25, -0.2) is 0 Å². The Morgan fingerprint density at radius 1 is 1.26 bits per heavy atom. The molecule has 124 valence electrons. The molecule has 4 rings (SSSR count). The smallest absolute Gasteiger partial charge is 0.130 e. The van der Waals surface area contributed by atoms with E-state index in [9.17, 15) is 4.79 Å². The summed E-state index contributed by atoms with van der Waals surface area (Å²) >= 11 is 0. The molecule has 4 aliphatic rings. The molecular formula is C22H30O. The summed E-state index contributed by atoms with van der Waals surface area (Å²) in [6, 6.07) is 0. The van der Waals surface area contributed by atoms with E-state index in [1.807, 2.05) is 0 Å². The van der Waals surface area contributed by atoms with Crippen molar-refractivity contribution in [3.8, 4) is 0 Å². The SMILES string of the molecule is CC(=O)CC1CCC2C3CC=C4C=CCCC4(C)C3=CCC12C. The number of ketones is 1. The van der Waals surface area contributed by atoms with E-state index in [4.69, 9.17) is 0 Å². The van der Waals surface area contributed by atoms with Crippen LogP contribution in [-0.4, -0.2) is 5.78 Å². The van der Waals surface area contributed by atoms with Crippen LogP contribution in [-0.2, 0) is 4.79 Å². The van der Waals surface area contributed by atoms with Crippen LogP contribution in [0.3, 0.4) is 0 Å². The fourth-order valence-corrected chi connectivity index (χ4v) is 6.40. The molecule has 0 amide bonds. The van der Waals surface area contributed by atoms with Gasteiger partial charge in [0.15, 0.2) is 0 Å². The highest BCUT2D eigenvalue weighted by Crippen LogP contribution is 2.64. The van der Waals surface area contributed by atoms with Crippen molar-refractivity contribution in [1.29, 1.82) is 0 Å². The molecule has 0 radical (unpaired) electrons. The minimum Gasteiger partial charge on any atom is -0.300 e. The van der Waals surface area contributed by atoms with Crippen LogP contribution in [0.2, 0.25) is 0 Å². The maximum Gasteiger partial charge on any atom is 0.130 e. The van der Waals surface area contributed by atoms with Crippen LogP contribution in [0, 0.1) is 28.6 Å². The van der Waals surface area contributed by atoms with E-state index in [2.05, 4.69) is 38.2 Å². The van der Waals surface area contributed by atoms with Crippen LogP contribution in [0.15, 0.2) is 35.5 Å². The Kier molecular flexibility index (Phi) is 3.48. The third-order valence-corrected chi connectivity index (χ3v) is 7.76. The van der Waals surface area contributed by atoms with Gasteiger partial charge in [-0.2, -0.15) is 0 Å². The second-order valence-electron chi connectivity index (χ2n) is 8.93. The van der Waals surface area contributed by atoms with Gasteiger partial charge in [0.2, 0.25) is 0 Å². The van der Waals surface area contributed by atoms with Crippen LogP contribution in [0.4, 0.5) is 0 Å². The van der Waals surface area contributed by atoms with Crippen LogP contribution in [0.1, 0.15) is 65.7 Å². The molecular weight excluding hydrogens is 280 g/mol. The largest absolute Gasteiger partial charge is 0.300 e. The molecule has 0 aromatic carbocycles. The van der Waals surface area contributed by atoms with E-state index in [0.717, 1.165) is 18.3 Å². The van der Waals surface area contributed by atoms with Crippen LogP contribution < -0.4 is 0 Å². The zero-order valence-electron chi connectivity index (χ0n) is 14.9. The predicted molar refractivity (Wildman–Crippen MR) is 95.0 cm³/mol. The zero-order chi connectivity index (χ0) is 16.2. The summed E-state index contributed by atoms with van der Waals surface area (Å²) in [6.45, 7) is 6.73. The van der Waals surface area contributed by atoms with Gasteiger partial charge in [-0.15, -0.1) is 0 Å². The lowest BCUT2D eigenvalue weighted by atomic mass is 9.52. The van der Waals surface area contributed by atoms with Gasteiger partial charge in [-0.1, -0.05) is 43.7 Å². The normalized spacial score (nSPS) is 44.7. The topological polar surface area (TPSA) is 17.1 Å². The van der Waals surface area contributed by atoms with E-state index < -0.39 is 0 Å². The number of hydrogen-bond donors (Lipinski definition) is 0. The summed E-state index contributed by atoms with van der Waals surface area (Å²) in [5.74, 6) is 2.49. The van der Waals surface area contributed by atoms with Crippen molar-refractivity contribution in [2.24, 2.45) is 28.6 Å². The third kappa shape index (κ3) is 2.15. The minimum absolute atomic E-state index is 0.289. The highest BCUT2D eigenvalue weighted by molar-refractivity contribution is 5.75. The van der Waals surface area contributed by atoms with Gasteiger partial charge in [-0.05, 0) is 74.2 Å². The third-order valence-electron chi connectivity index (χ3n) is 7.76. The molecule has 0 aromatic rings. The summed E-state index contributed by atoms with van der Waals surface area (Å²) in [6.07, 6.45) is 18.1. The Bertz CT molecular complexity index is 622. The first-order valence-electron chi connectivity index (χ1n) is 9.52. The van der Waals surface area contributed by atoms with Crippen LogP contribution >= 0.6 is 0 Å². The fourth-order valence-electron chi connectivity index (χ4n) is 6.40. The molecule has 0 N–H and O–H groups in total. The van der Waals surface area contributed by atoms with E-state index in [1.165, 1.54) is 38.5 Å². The Hall–Kier alpha value is -1.11. The molecule has 5 atom stereocenters. The quantitative estimate of drug-likeness (QED) is 0.604. The molecule has 5 unspecified atom stereocenters. The van der Waals surface area contributed by atoms with Crippen molar-refractivity contribution in [2.45, 2.75) is 65.7 Å². The van der Waals surface area contributed by atoms with Gasteiger partial charge in [0.1, 0.15) is 5.78 Å². The highest BCUT2D eigenvalue weighted by Gasteiger charge is 2.54. The number of carbonyl (C=O) groups is 1. The van der Waals surface area contributed by atoms with Gasteiger partial charge in [0, 0.05) is 11.8 Å². The maximum atomic E-state index is 11.7. The Balaban J connectivity index is 1.70. The maximum absolute atomic E-state index is 11.7. The summed E-state index contributed by atoms with van der Waals surface area (Å²) in [7, 11) is 0. The molecule has 1 heteroatoms. The number of allylic oxidation sites excluding steroid dienone is 6. The number of fused-ring (bicyclic) bond motifs is 5. The summed E-state index contributed by atoms with van der Waals surface area (Å²) in [5.41, 5.74) is 3.95. The number of hydrogen-bond acceptors (Lipinski definition) is 1. The minimum atomic E-state index is 0.289. The summed E-state index contributed by atoms with van der Waals surface area (Å²) < 4.78 is 0. The first-order valence-corrected chi connectivity index (χ1v) is 9.52. The average Bonchev–Trinajstić information content (AvgIpc) is 2.83. The lowest BCUT2D eigenvalue weighted by Gasteiger charge is -2.52. The molecule has 0 bridgehead atoms. The first-order chi connectivity index (χ1) is 10.9. The van der Waals surface area contributed by atoms with Gasteiger partial charge in [-0.3, -0.25) is 0 Å². The predicted octanol–water partition coefficient (Wildman–Crippen LogP) is 5.63. The highest BCUT2D eigenvalue weighted by atomic mass is 16.1. The van der Waals surface area contributed by atoms with Crippen molar-refractivity contribution in [1.82, 2.24) is 0 Å². The van der Waals surface area contributed by atoms with E-state index >= 15 is 0 Å². The van der Waals surface area contributed by atoms with Crippen molar-refractivity contribution in [2.75, 3.05) is 0 Å². The lowest BCUT2D eigenvalue weighted by molar-refractivity contribution is -0.118. The van der Waals surface area contributed by atoms with Gasteiger partial charge in [0.25, 0.3) is 0 Å².